The van der Waals surface area contributed by atoms with E-state index in [1.807, 2.05) is 67.6 Å². The highest BCUT2D eigenvalue weighted by Gasteiger charge is 2.24. The van der Waals surface area contributed by atoms with Crippen LogP contribution in [0, 0.1) is 6.92 Å². The number of para-hydroxylation sites is 2. The summed E-state index contributed by atoms with van der Waals surface area (Å²) in [4.78, 5) is 82.4. The smallest absolute Gasteiger partial charge is 0.373 e. The summed E-state index contributed by atoms with van der Waals surface area (Å²) in [6.07, 6.45) is 1.25. The predicted octanol–water partition coefficient (Wildman–Crippen LogP) is 9.89. The van der Waals surface area contributed by atoms with Gasteiger partial charge in [-0.1, -0.05) is 163 Å². The van der Waals surface area contributed by atoms with Gasteiger partial charge in [-0.2, -0.15) is 47.9 Å². The van der Waals surface area contributed by atoms with Crippen molar-refractivity contribution in [3.05, 3.63) is 271 Å². The lowest BCUT2D eigenvalue weighted by molar-refractivity contribution is -0.193. The monoisotopic (exact) mass is 1450 g/mol. The third-order valence-electron chi connectivity index (χ3n) is 11.3. The Morgan fingerprint density at radius 1 is 0.365 bits per heavy atom. The van der Waals surface area contributed by atoms with Crippen molar-refractivity contribution in [3.8, 4) is 11.5 Å². The van der Waals surface area contributed by atoms with Crippen molar-refractivity contribution in [2.75, 3.05) is 29.8 Å². The molecule has 0 atom stereocenters. The molecule has 0 unspecified atom stereocenters. The van der Waals surface area contributed by atoms with Crippen LogP contribution in [0.4, 0.5) is 11.4 Å². The number of sulfone groups is 1. The fraction of sp³-hybridized carbons (Fsp3) is 0.0923. The molecule has 0 fully saturated rings. The molecule has 0 saturated heterocycles. The number of ether oxygens (including phenoxy) is 2. The zero-order valence-corrected chi connectivity index (χ0v) is 56.4. The average molecular weight is 1450 g/mol. The van der Waals surface area contributed by atoms with E-state index in [9.17, 15) is 42.1 Å². The third-order valence-corrected chi connectivity index (χ3v) is 19.3. The van der Waals surface area contributed by atoms with Gasteiger partial charge in [-0.3, -0.25) is 8.61 Å². The van der Waals surface area contributed by atoms with Gasteiger partial charge in [0, 0.05) is 35.5 Å². The van der Waals surface area contributed by atoms with Gasteiger partial charge in [-0.05, 0) is 115 Å². The van der Waals surface area contributed by atoms with Crippen LogP contribution in [0.15, 0.2) is 279 Å². The minimum atomic E-state index is -3.57. The molecule has 96 heavy (non-hydrogen) atoms. The van der Waals surface area contributed by atoms with Crippen molar-refractivity contribution in [2.24, 2.45) is 0 Å². The Hall–Kier alpha value is -10.6. The van der Waals surface area contributed by atoms with Crippen LogP contribution in [-0.2, 0) is 108 Å². The molecule has 0 bridgehead atoms. The minimum Gasteiger partial charge on any atom is -0.495 e. The molecule has 9 aromatic rings. The fourth-order valence-corrected chi connectivity index (χ4v) is 12.4. The van der Waals surface area contributed by atoms with Crippen LogP contribution >= 0.6 is 21.4 Å². The fourth-order valence-electron chi connectivity index (χ4n) is 7.05. The van der Waals surface area contributed by atoms with E-state index < -0.39 is 48.0 Å². The number of hydrogen-bond acceptors (Lipinski definition) is 22. The van der Waals surface area contributed by atoms with Crippen LogP contribution in [0.25, 0.3) is 0 Å². The van der Waals surface area contributed by atoms with Crippen molar-refractivity contribution in [1.82, 2.24) is 0 Å². The highest BCUT2D eigenvalue weighted by atomic mass is 35.7. The summed E-state index contributed by atoms with van der Waals surface area (Å²) in [7, 11) is -2.80. The van der Waals surface area contributed by atoms with Gasteiger partial charge in [0.05, 0.1) is 48.7 Å². The van der Waals surface area contributed by atoms with Crippen LogP contribution < -0.4 is 18.1 Å². The summed E-state index contributed by atoms with van der Waals surface area (Å²) in [6, 6.07) is 72.5. The molecule has 31 heteroatoms. The standard InChI is InChI=1S/C20H19NO3S.C14H15NO3S.C14H14O2S.2C6H5ClO2S.5CO2/c1-21(25(22,23)20-10-6-3-7-11-20)18-12-14-19(15-13-18)24-16-17-8-4-2-5-9-17;1-15(13-10-6-7-11-14(13)18-2)19(16,17)12-8-4-3-5-9-12;1-12-6-5-7-13(10-12)11-17(15,16)14-8-3-2-4-9-14;2*7-10(8,9)6-4-2-1-3-5-6;5*2-1-3/h2-15H,16H2,1H3;3-11H,1-2H3;2-10H,11H2,1H3;2*1-5H;;;;;. The van der Waals surface area contributed by atoms with Gasteiger partial charge in [0.15, 0.2) is 9.84 Å². The Kier molecular flexibility index (Phi) is 41.3. The Labute approximate surface area is 563 Å². The van der Waals surface area contributed by atoms with Crippen LogP contribution in [-0.4, -0.2) is 94.1 Å². The molecule has 24 nitrogen and oxygen atoms in total. The van der Waals surface area contributed by atoms with Crippen molar-refractivity contribution in [1.29, 1.82) is 0 Å². The maximum Gasteiger partial charge on any atom is 0.373 e. The zero-order valence-electron chi connectivity index (χ0n) is 50.8. The summed E-state index contributed by atoms with van der Waals surface area (Å²) < 4.78 is 130. The van der Waals surface area contributed by atoms with Crippen LogP contribution in [0.2, 0.25) is 0 Å². The average Bonchev–Trinajstić information content (AvgIpc) is 0.820. The number of aryl methyl sites for hydroxylation is 1. The molecule has 0 aliphatic carbocycles. The number of anilines is 2. The van der Waals surface area contributed by atoms with Crippen molar-refractivity contribution in [2.45, 2.75) is 43.8 Å². The van der Waals surface area contributed by atoms with Crippen LogP contribution in [0.5, 0.6) is 11.5 Å². The quantitative estimate of drug-likeness (QED) is 0.0861. The molecule has 0 aliphatic heterocycles. The highest BCUT2D eigenvalue weighted by molar-refractivity contribution is 8.14. The molecule has 0 saturated carbocycles. The second-order valence-electron chi connectivity index (χ2n) is 17.5. The van der Waals surface area contributed by atoms with Gasteiger partial charge < -0.3 is 9.47 Å². The lowest BCUT2D eigenvalue weighted by atomic mass is 10.2. The van der Waals surface area contributed by atoms with E-state index >= 15 is 0 Å². The predicted molar refractivity (Wildman–Crippen MR) is 347 cm³/mol. The number of benzene rings is 9. The van der Waals surface area contributed by atoms with Gasteiger partial charge in [-0.25, -0.2) is 42.1 Å². The molecule has 0 aromatic heterocycles. The van der Waals surface area contributed by atoms with Crippen molar-refractivity contribution in [3.63, 3.8) is 0 Å². The molecule has 0 radical (unpaired) electrons. The van der Waals surface area contributed by atoms with Gasteiger partial charge in [-0.15, -0.1) is 0 Å². The molecular formula is C65H58Cl2N2O22S5. The Morgan fingerprint density at radius 2 is 0.677 bits per heavy atom. The molecular weight excluding hydrogens is 1390 g/mol. The van der Waals surface area contributed by atoms with Gasteiger partial charge in [0.25, 0.3) is 38.1 Å². The molecule has 9 aromatic carbocycles. The molecule has 0 aliphatic rings. The minimum absolute atomic E-state index is 0.0543. The van der Waals surface area contributed by atoms with E-state index in [1.54, 1.807) is 177 Å². The summed E-state index contributed by atoms with van der Waals surface area (Å²) in [6.45, 7) is 2.43. The third kappa shape index (κ3) is 33.3. The van der Waals surface area contributed by atoms with Crippen molar-refractivity contribution >= 4 is 111 Å². The molecule has 0 N–H and O–H groups in total. The normalized spacial score (nSPS) is 9.85. The number of hydrogen-bond donors (Lipinski definition) is 0. The maximum atomic E-state index is 12.6. The molecule has 504 valence electrons. The summed E-state index contributed by atoms with van der Waals surface area (Å²) in [5, 5.41) is 0. The summed E-state index contributed by atoms with van der Waals surface area (Å²) in [5.41, 5.74) is 4.07. The molecule has 0 heterocycles. The Morgan fingerprint density at radius 3 is 1.02 bits per heavy atom. The van der Waals surface area contributed by atoms with Gasteiger partial charge in [0.1, 0.15) is 18.1 Å². The van der Waals surface area contributed by atoms with E-state index in [2.05, 4.69) is 0 Å². The van der Waals surface area contributed by atoms with E-state index in [1.165, 1.54) is 47.0 Å². The molecule has 9 rings (SSSR count). The summed E-state index contributed by atoms with van der Waals surface area (Å²) in [5.74, 6) is 1.27. The zero-order chi connectivity index (χ0) is 72.6. The van der Waals surface area contributed by atoms with Gasteiger partial charge in [0.2, 0.25) is 0 Å². The Bertz CT molecular complexity index is 4370. The second-order valence-corrected chi connectivity index (χ2v) is 28.6. The first-order chi connectivity index (χ1) is 45.5. The second kappa shape index (κ2) is 46.5. The lowest BCUT2D eigenvalue weighted by Gasteiger charge is -2.21. The Balaban J connectivity index is 0.00000115. The number of carbonyl (C=O) groups excluding carboxylic acids is 10. The lowest BCUT2D eigenvalue weighted by Crippen LogP contribution is -2.26. The van der Waals surface area contributed by atoms with E-state index in [0.717, 1.165) is 16.7 Å². The van der Waals surface area contributed by atoms with Gasteiger partial charge >= 0.3 is 30.8 Å². The molecule has 0 amide bonds. The first-order valence-electron chi connectivity index (χ1n) is 26.3. The van der Waals surface area contributed by atoms with E-state index in [4.69, 9.17) is 78.8 Å². The van der Waals surface area contributed by atoms with Crippen LogP contribution in [0.1, 0.15) is 16.7 Å². The van der Waals surface area contributed by atoms with Crippen molar-refractivity contribution < 1.29 is 99.5 Å². The SMILES string of the molecule is CN(c1ccc(OCc2ccccc2)cc1)S(=O)(=O)c1ccccc1.COc1ccccc1N(C)S(=O)(=O)c1ccccc1.Cc1cccc(CS(=O)(=O)c2ccccc2)c1.O=C=O.O=C=O.O=C=O.O=C=O.O=C=O.O=S(=O)(Cl)c1ccccc1.O=S(=O)(Cl)c1ccccc1. The highest BCUT2D eigenvalue weighted by Crippen LogP contribution is 2.31. The van der Waals surface area contributed by atoms with Crippen LogP contribution in [0.3, 0.4) is 0 Å². The van der Waals surface area contributed by atoms with E-state index in [-0.39, 0.29) is 56.1 Å². The topological polar surface area (TPSA) is 366 Å². The number of sulfonamides is 2. The number of methoxy groups -OCH3 is 1. The first-order valence-corrected chi connectivity index (χ1v) is 35.4. The largest absolute Gasteiger partial charge is 0.495 e. The number of rotatable bonds is 15. The number of nitrogens with zero attached hydrogens (tertiary/aromatic N) is 2. The van der Waals surface area contributed by atoms with E-state index in [0.29, 0.717) is 34.4 Å². The number of halogens is 2. The maximum absolute atomic E-state index is 12.6. The first kappa shape index (κ1) is 85.4. The summed E-state index contributed by atoms with van der Waals surface area (Å²) >= 11 is 0. The molecule has 0 spiro atoms.